The highest BCUT2D eigenvalue weighted by Crippen LogP contribution is 2.51. The summed E-state index contributed by atoms with van der Waals surface area (Å²) in [7, 11) is 3.34. The van der Waals surface area contributed by atoms with Crippen LogP contribution in [0.3, 0.4) is 0 Å². The summed E-state index contributed by atoms with van der Waals surface area (Å²) in [5.74, 6) is 1.78. The number of ether oxygens (including phenoxy) is 2. The van der Waals surface area contributed by atoms with Crippen LogP contribution < -0.4 is 14.8 Å². The molecule has 28 heavy (non-hydrogen) atoms. The molecule has 2 aliphatic carbocycles. The number of nitrogens with zero attached hydrogens (tertiary/aromatic N) is 1. The van der Waals surface area contributed by atoms with E-state index in [4.69, 9.17) is 21.7 Å². The van der Waals surface area contributed by atoms with Gasteiger partial charge in [-0.1, -0.05) is 25.7 Å². The standard InChI is InChI=1S/C22H32N2O3S/c1-26-17-9-10-18(27-2)16(14-17)15-24-20(28)23-21(11-5-3-6-12-21)19-8-4-7-13-22(19,24)25/h9-10,14,19,25H,3-8,11-13,15H2,1-2H3,(H,23,28)/t19-,22-/m0/s1. The molecule has 154 valence electrons. The molecule has 0 unspecified atom stereocenters. The molecule has 1 spiro atoms. The zero-order valence-corrected chi connectivity index (χ0v) is 17.8. The lowest BCUT2D eigenvalue weighted by atomic mass is 9.62. The van der Waals surface area contributed by atoms with E-state index in [-0.39, 0.29) is 11.5 Å². The highest BCUT2D eigenvalue weighted by Gasteiger charge is 2.58. The average Bonchev–Trinajstić information content (AvgIpc) is 2.71. The zero-order chi connectivity index (χ0) is 19.8. The van der Waals surface area contributed by atoms with E-state index in [0.29, 0.717) is 11.7 Å². The lowest BCUT2D eigenvalue weighted by molar-refractivity contribution is -0.184. The van der Waals surface area contributed by atoms with E-state index < -0.39 is 5.72 Å². The quantitative estimate of drug-likeness (QED) is 0.741. The van der Waals surface area contributed by atoms with Crippen molar-refractivity contribution < 1.29 is 14.6 Å². The van der Waals surface area contributed by atoms with Crippen molar-refractivity contribution in [1.82, 2.24) is 10.2 Å². The largest absolute Gasteiger partial charge is 0.497 e. The molecule has 1 aromatic rings. The molecule has 2 saturated carbocycles. The Bertz CT molecular complexity index is 734. The number of methoxy groups -OCH3 is 2. The number of nitrogens with one attached hydrogen (secondary N) is 1. The molecule has 4 rings (SSSR count). The molecule has 0 amide bonds. The lowest BCUT2D eigenvalue weighted by Gasteiger charge is -2.61. The molecule has 1 heterocycles. The van der Waals surface area contributed by atoms with Crippen molar-refractivity contribution >= 4 is 17.3 Å². The van der Waals surface area contributed by atoms with Gasteiger partial charge < -0.3 is 24.8 Å². The summed E-state index contributed by atoms with van der Waals surface area (Å²) in [6.07, 6.45) is 9.97. The van der Waals surface area contributed by atoms with Crippen molar-refractivity contribution in [3.8, 4) is 11.5 Å². The summed E-state index contributed by atoms with van der Waals surface area (Å²) >= 11 is 5.84. The van der Waals surface area contributed by atoms with Gasteiger partial charge in [-0.2, -0.15) is 0 Å². The lowest BCUT2D eigenvalue weighted by Crippen LogP contribution is -2.75. The Balaban J connectivity index is 1.69. The number of thiocarbonyl (C=S) groups is 1. The van der Waals surface area contributed by atoms with Gasteiger partial charge in [-0.25, -0.2) is 0 Å². The number of fused-ring (bicyclic) bond motifs is 2. The molecule has 0 radical (unpaired) electrons. The maximum absolute atomic E-state index is 12.0. The van der Waals surface area contributed by atoms with Crippen molar-refractivity contribution in [2.75, 3.05) is 14.2 Å². The molecule has 5 nitrogen and oxygen atoms in total. The van der Waals surface area contributed by atoms with Crippen molar-refractivity contribution in [3.05, 3.63) is 23.8 Å². The second kappa shape index (κ2) is 7.71. The Kier molecular flexibility index (Phi) is 5.45. The SMILES string of the molecule is COc1ccc(OC)c(CN2C(=S)NC3(CCCCC3)[C@@H]3CCCC[C@]32O)c1. The highest BCUT2D eigenvalue weighted by molar-refractivity contribution is 7.80. The van der Waals surface area contributed by atoms with Gasteiger partial charge in [-0.05, 0) is 62.5 Å². The minimum Gasteiger partial charge on any atom is -0.497 e. The average molecular weight is 405 g/mol. The second-order valence-electron chi connectivity index (χ2n) is 8.59. The monoisotopic (exact) mass is 404 g/mol. The van der Waals surface area contributed by atoms with E-state index >= 15 is 0 Å². The van der Waals surface area contributed by atoms with E-state index in [1.807, 2.05) is 23.1 Å². The topological polar surface area (TPSA) is 54.0 Å². The van der Waals surface area contributed by atoms with Crippen LogP contribution in [0, 0.1) is 5.92 Å². The van der Waals surface area contributed by atoms with Gasteiger partial charge in [0.1, 0.15) is 17.2 Å². The molecule has 1 aliphatic heterocycles. The van der Waals surface area contributed by atoms with Crippen LogP contribution in [0.15, 0.2) is 18.2 Å². The van der Waals surface area contributed by atoms with Gasteiger partial charge in [0.05, 0.1) is 20.8 Å². The van der Waals surface area contributed by atoms with Crippen molar-refractivity contribution in [1.29, 1.82) is 0 Å². The van der Waals surface area contributed by atoms with Gasteiger partial charge in [-0.15, -0.1) is 0 Å². The van der Waals surface area contributed by atoms with Gasteiger partial charge in [0.25, 0.3) is 0 Å². The predicted molar refractivity (Wildman–Crippen MR) is 114 cm³/mol. The first-order chi connectivity index (χ1) is 13.5. The minimum atomic E-state index is -0.897. The van der Waals surface area contributed by atoms with E-state index in [2.05, 4.69) is 5.32 Å². The van der Waals surface area contributed by atoms with Gasteiger partial charge >= 0.3 is 0 Å². The summed E-state index contributed by atoms with van der Waals surface area (Å²) in [5, 5.41) is 16.4. The van der Waals surface area contributed by atoms with Crippen LogP contribution in [0.2, 0.25) is 0 Å². The van der Waals surface area contributed by atoms with Crippen LogP contribution in [0.1, 0.15) is 63.4 Å². The van der Waals surface area contributed by atoms with Crippen molar-refractivity contribution in [3.63, 3.8) is 0 Å². The Morgan fingerprint density at radius 2 is 1.86 bits per heavy atom. The third-order valence-electron chi connectivity index (χ3n) is 7.14. The maximum atomic E-state index is 12.0. The fourth-order valence-electron chi connectivity index (χ4n) is 5.76. The van der Waals surface area contributed by atoms with E-state index in [1.165, 1.54) is 25.7 Å². The smallest absolute Gasteiger partial charge is 0.171 e. The fourth-order valence-corrected chi connectivity index (χ4v) is 6.19. The number of aliphatic hydroxyl groups is 1. The van der Waals surface area contributed by atoms with Crippen LogP contribution in [-0.4, -0.2) is 40.6 Å². The van der Waals surface area contributed by atoms with Crippen LogP contribution in [0.5, 0.6) is 11.5 Å². The molecule has 0 aromatic heterocycles. The third kappa shape index (κ3) is 3.24. The van der Waals surface area contributed by atoms with Crippen molar-refractivity contribution in [2.24, 2.45) is 5.92 Å². The molecule has 2 atom stereocenters. The molecule has 3 fully saturated rings. The maximum Gasteiger partial charge on any atom is 0.171 e. The summed E-state index contributed by atoms with van der Waals surface area (Å²) in [5.41, 5.74) is 0.0363. The molecule has 0 bridgehead atoms. The number of hydrogen-bond acceptors (Lipinski definition) is 4. The molecule has 6 heteroatoms. The zero-order valence-electron chi connectivity index (χ0n) is 17.0. The Labute approximate surface area is 173 Å². The second-order valence-corrected chi connectivity index (χ2v) is 8.97. The Morgan fingerprint density at radius 1 is 1.11 bits per heavy atom. The molecule has 1 saturated heterocycles. The number of benzene rings is 1. The molecule has 1 aromatic carbocycles. The van der Waals surface area contributed by atoms with E-state index in [1.54, 1.807) is 14.2 Å². The first-order valence-corrected chi connectivity index (χ1v) is 11.0. The minimum absolute atomic E-state index is 0.0422. The molecular formula is C22H32N2O3S. The normalized spacial score (nSPS) is 29.2. The van der Waals surface area contributed by atoms with Crippen LogP contribution in [-0.2, 0) is 6.54 Å². The first kappa shape index (κ1) is 19.8. The van der Waals surface area contributed by atoms with Gasteiger partial charge in [0.15, 0.2) is 5.11 Å². The first-order valence-electron chi connectivity index (χ1n) is 10.6. The van der Waals surface area contributed by atoms with E-state index in [0.717, 1.165) is 49.2 Å². The van der Waals surface area contributed by atoms with Crippen LogP contribution in [0.4, 0.5) is 0 Å². The van der Waals surface area contributed by atoms with E-state index in [9.17, 15) is 5.11 Å². The Hall–Kier alpha value is -1.53. The molecule has 3 aliphatic rings. The molecule has 2 N–H and O–H groups in total. The summed E-state index contributed by atoms with van der Waals surface area (Å²) in [6.45, 7) is 0.509. The summed E-state index contributed by atoms with van der Waals surface area (Å²) < 4.78 is 11.0. The fraction of sp³-hybridized carbons (Fsp3) is 0.682. The van der Waals surface area contributed by atoms with Crippen LogP contribution in [0.25, 0.3) is 0 Å². The predicted octanol–water partition coefficient (Wildman–Crippen LogP) is 3.98. The van der Waals surface area contributed by atoms with Gasteiger partial charge in [-0.3, -0.25) is 0 Å². The van der Waals surface area contributed by atoms with Crippen LogP contribution >= 0.6 is 12.2 Å². The number of rotatable bonds is 4. The molecular weight excluding hydrogens is 372 g/mol. The highest BCUT2D eigenvalue weighted by atomic mass is 32.1. The Morgan fingerprint density at radius 3 is 2.57 bits per heavy atom. The van der Waals surface area contributed by atoms with Gasteiger partial charge in [0.2, 0.25) is 0 Å². The van der Waals surface area contributed by atoms with Crippen molar-refractivity contribution in [2.45, 2.75) is 75.6 Å². The van der Waals surface area contributed by atoms with Gasteiger partial charge in [0, 0.05) is 17.0 Å². The summed E-state index contributed by atoms with van der Waals surface area (Å²) in [6, 6.07) is 5.79. The summed E-state index contributed by atoms with van der Waals surface area (Å²) in [4.78, 5) is 2.02. The number of hydrogen-bond donors (Lipinski definition) is 2. The third-order valence-corrected chi connectivity index (χ3v) is 7.47.